The van der Waals surface area contributed by atoms with Crippen molar-refractivity contribution in [1.29, 1.82) is 0 Å². The van der Waals surface area contributed by atoms with Crippen LogP contribution in [0.25, 0.3) is 0 Å². The van der Waals surface area contributed by atoms with Crippen LogP contribution in [-0.4, -0.2) is 16.1 Å². The zero-order chi connectivity index (χ0) is 14.5. The van der Waals surface area contributed by atoms with Gasteiger partial charge in [0.1, 0.15) is 5.69 Å². The van der Waals surface area contributed by atoms with Gasteiger partial charge in [0.05, 0.1) is 0 Å². The molecule has 1 heterocycles. The van der Waals surface area contributed by atoms with Gasteiger partial charge in [0.2, 0.25) is 0 Å². The molecule has 2 aromatic rings. The van der Waals surface area contributed by atoms with Crippen molar-refractivity contribution in [2.75, 3.05) is 0 Å². The Bertz CT molecular complexity index is 605. The van der Waals surface area contributed by atoms with E-state index in [4.69, 9.17) is 5.11 Å². The van der Waals surface area contributed by atoms with E-state index in [9.17, 15) is 4.79 Å². The van der Waals surface area contributed by atoms with Crippen molar-refractivity contribution in [3.05, 3.63) is 64.5 Å². The minimum atomic E-state index is -0.980. The minimum Gasteiger partial charge on any atom is -0.477 e. The van der Waals surface area contributed by atoms with Crippen LogP contribution in [0.15, 0.2) is 36.5 Å². The van der Waals surface area contributed by atoms with Crippen LogP contribution in [0.5, 0.6) is 0 Å². The van der Waals surface area contributed by atoms with Crippen molar-refractivity contribution in [3.8, 4) is 0 Å². The molecule has 0 aliphatic rings. The van der Waals surface area contributed by atoms with Crippen LogP contribution in [0.3, 0.4) is 0 Å². The lowest BCUT2D eigenvalue weighted by Gasteiger charge is -2.06. The third-order valence-corrected chi connectivity index (χ3v) is 3.94. The summed E-state index contributed by atoms with van der Waals surface area (Å²) in [5.41, 5.74) is 4.96. The van der Waals surface area contributed by atoms with Crippen molar-refractivity contribution < 1.29 is 9.90 Å². The van der Waals surface area contributed by atoms with Crippen LogP contribution >= 0.6 is 11.8 Å². The smallest absolute Gasteiger partial charge is 0.354 e. The number of hydrogen-bond donors (Lipinski definition) is 1. The second kappa shape index (κ2) is 6.57. The van der Waals surface area contributed by atoms with Gasteiger partial charge in [-0.25, -0.2) is 9.78 Å². The fourth-order valence-corrected chi connectivity index (χ4v) is 3.04. The predicted molar refractivity (Wildman–Crippen MR) is 82.1 cm³/mol. The Kier molecular flexibility index (Phi) is 4.79. The Morgan fingerprint density at radius 3 is 2.40 bits per heavy atom. The normalized spacial score (nSPS) is 10.5. The topological polar surface area (TPSA) is 50.2 Å². The molecule has 0 saturated carbocycles. The van der Waals surface area contributed by atoms with Gasteiger partial charge < -0.3 is 5.11 Å². The zero-order valence-corrected chi connectivity index (χ0v) is 12.4. The molecule has 3 nitrogen and oxygen atoms in total. The number of aryl methyl sites for hydroxylation is 2. The van der Waals surface area contributed by atoms with Crippen LogP contribution in [0.2, 0.25) is 0 Å². The maximum Gasteiger partial charge on any atom is 0.354 e. The molecule has 0 amide bonds. The van der Waals surface area contributed by atoms with Crippen LogP contribution in [0.4, 0.5) is 0 Å². The Morgan fingerprint density at radius 2 is 1.75 bits per heavy atom. The van der Waals surface area contributed by atoms with E-state index >= 15 is 0 Å². The molecule has 20 heavy (non-hydrogen) atoms. The molecule has 104 valence electrons. The predicted octanol–water partition coefficient (Wildman–Crippen LogP) is 3.83. The first-order chi connectivity index (χ1) is 9.54. The Labute approximate surface area is 123 Å². The van der Waals surface area contributed by atoms with E-state index in [1.165, 1.54) is 16.7 Å². The molecule has 1 N–H and O–H groups in total. The highest BCUT2D eigenvalue weighted by Crippen LogP contribution is 2.20. The highest BCUT2D eigenvalue weighted by atomic mass is 32.2. The number of benzene rings is 1. The fraction of sp³-hybridized carbons (Fsp3) is 0.250. The third-order valence-electron chi connectivity index (χ3n) is 2.86. The number of carbonyl (C=O) groups is 1. The molecular weight excluding hydrogens is 270 g/mol. The van der Waals surface area contributed by atoms with Crippen LogP contribution in [0.1, 0.15) is 32.7 Å². The molecule has 1 aromatic heterocycles. The molecule has 0 radical (unpaired) electrons. The van der Waals surface area contributed by atoms with Gasteiger partial charge in [-0.05, 0) is 37.1 Å². The van der Waals surface area contributed by atoms with E-state index in [0.29, 0.717) is 0 Å². The first-order valence-electron chi connectivity index (χ1n) is 6.38. The van der Waals surface area contributed by atoms with Crippen molar-refractivity contribution in [2.45, 2.75) is 25.4 Å². The molecule has 2 rings (SSSR count). The highest BCUT2D eigenvalue weighted by molar-refractivity contribution is 7.97. The van der Waals surface area contributed by atoms with Crippen LogP contribution in [-0.2, 0) is 11.5 Å². The van der Waals surface area contributed by atoms with Crippen molar-refractivity contribution in [3.63, 3.8) is 0 Å². The van der Waals surface area contributed by atoms with Gasteiger partial charge in [-0.1, -0.05) is 29.3 Å². The summed E-state index contributed by atoms with van der Waals surface area (Å²) in [6, 6.07) is 10.0. The summed E-state index contributed by atoms with van der Waals surface area (Å²) < 4.78 is 0. The fourth-order valence-electron chi connectivity index (χ4n) is 2.12. The molecule has 0 atom stereocenters. The molecule has 0 unspecified atom stereocenters. The molecule has 4 heteroatoms. The molecule has 0 saturated heterocycles. The van der Waals surface area contributed by atoms with E-state index in [0.717, 1.165) is 17.1 Å². The SMILES string of the molecule is Cc1cc(C)cc(CSCc2ccnc(C(=O)O)c2)c1. The second-order valence-corrected chi connectivity index (χ2v) is 5.83. The lowest BCUT2D eigenvalue weighted by Crippen LogP contribution is -2.00. The van der Waals surface area contributed by atoms with Gasteiger partial charge in [0.25, 0.3) is 0 Å². The molecular formula is C16H17NO2S. The molecule has 0 bridgehead atoms. The first kappa shape index (κ1) is 14.6. The van der Waals surface area contributed by atoms with Gasteiger partial charge in [0.15, 0.2) is 0 Å². The second-order valence-electron chi connectivity index (χ2n) is 4.84. The van der Waals surface area contributed by atoms with E-state index in [1.54, 1.807) is 24.0 Å². The van der Waals surface area contributed by atoms with Crippen LogP contribution in [0, 0.1) is 13.8 Å². The Balaban J connectivity index is 1.95. The monoisotopic (exact) mass is 287 g/mol. The number of pyridine rings is 1. The zero-order valence-electron chi connectivity index (χ0n) is 11.6. The lowest BCUT2D eigenvalue weighted by molar-refractivity contribution is 0.0690. The average Bonchev–Trinajstić information content (AvgIpc) is 2.38. The number of thioether (sulfide) groups is 1. The van der Waals surface area contributed by atoms with Crippen molar-refractivity contribution in [1.82, 2.24) is 4.98 Å². The molecule has 0 aliphatic heterocycles. The highest BCUT2D eigenvalue weighted by Gasteiger charge is 2.05. The molecule has 0 spiro atoms. The number of aromatic nitrogens is 1. The summed E-state index contributed by atoms with van der Waals surface area (Å²) in [7, 11) is 0. The first-order valence-corrected chi connectivity index (χ1v) is 7.53. The number of aromatic carboxylic acids is 1. The van der Waals surface area contributed by atoms with E-state index in [1.807, 2.05) is 6.07 Å². The van der Waals surface area contributed by atoms with E-state index in [-0.39, 0.29) is 5.69 Å². The van der Waals surface area contributed by atoms with Crippen molar-refractivity contribution >= 4 is 17.7 Å². The van der Waals surface area contributed by atoms with E-state index < -0.39 is 5.97 Å². The third kappa shape index (κ3) is 4.10. The number of carboxylic acids is 1. The largest absolute Gasteiger partial charge is 0.477 e. The summed E-state index contributed by atoms with van der Waals surface area (Å²) in [5.74, 6) is 0.731. The molecule has 1 aromatic carbocycles. The summed E-state index contributed by atoms with van der Waals surface area (Å²) in [4.78, 5) is 14.7. The van der Waals surface area contributed by atoms with Crippen LogP contribution < -0.4 is 0 Å². The summed E-state index contributed by atoms with van der Waals surface area (Å²) in [6.45, 7) is 4.20. The van der Waals surface area contributed by atoms with Gasteiger partial charge in [-0.2, -0.15) is 11.8 Å². The maximum atomic E-state index is 10.9. The Morgan fingerprint density at radius 1 is 1.10 bits per heavy atom. The molecule has 0 fully saturated rings. The molecule has 0 aliphatic carbocycles. The number of carboxylic acid groups (broad SMARTS) is 1. The summed E-state index contributed by atoms with van der Waals surface area (Å²) in [6.07, 6.45) is 1.55. The van der Waals surface area contributed by atoms with Gasteiger partial charge >= 0.3 is 5.97 Å². The quantitative estimate of drug-likeness (QED) is 0.908. The lowest BCUT2D eigenvalue weighted by atomic mass is 10.1. The van der Waals surface area contributed by atoms with E-state index in [2.05, 4.69) is 37.0 Å². The number of hydrogen-bond acceptors (Lipinski definition) is 3. The van der Waals surface area contributed by atoms with Gasteiger partial charge in [0, 0.05) is 17.7 Å². The standard InChI is InChI=1S/C16H17NO2S/c1-11-5-12(2)7-14(6-11)10-20-9-13-3-4-17-15(8-13)16(18)19/h3-8H,9-10H2,1-2H3,(H,18,19). The summed E-state index contributed by atoms with van der Waals surface area (Å²) >= 11 is 1.78. The number of nitrogens with zero attached hydrogens (tertiary/aromatic N) is 1. The summed E-state index contributed by atoms with van der Waals surface area (Å²) in [5, 5.41) is 8.90. The minimum absolute atomic E-state index is 0.106. The maximum absolute atomic E-state index is 10.9. The van der Waals surface area contributed by atoms with Crippen molar-refractivity contribution in [2.24, 2.45) is 0 Å². The number of rotatable bonds is 5. The van der Waals surface area contributed by atoms with Gasteiger partial charge in [-0.15, -0.1) is 0 Å². The Hall–Kier alpha value is -1.81. The van der Waals surface area contributed by atoms with Gasteiger partial charge in [-0.3, -0.25) is 0 Å². The average molecular weight is 287 g/mol.